The zero-order valence-electron chi connectivity index (χ0n) is 18.2. The maximum atomic E-state index is 13.2. The van der Waals surface area contributed by atoms with Crippen molar-refractivity contribution in [3.63, 3.8) is 0 Å². The lowest BCUT2D eigenvalue weighted by molar-refractivity contribution is 0.0377. The molecule has 0 unspecified atom stereocenters. The average Bonchev–Trinajstić information content (AvgIpc) is 2.76. The summed E-state index contributed by atoms with van der Waals surface area (Å²) in [7, 11) is 0. The third-order valence-electron chi connectivity index (χ3n) is 5.65. The Morgan fingerprint density at radius 1 is 1.06 bits per heavy atom. The molecule has 1 fully saturated rings. The number of morpholine rings is 1. The first-order valence-electron chi connectivity index (χ1n) is 10.8. The minimum Gasteiger partial charge on any atom is -0.494 e. The van der Waals surface area contributed by atoms with Crippen LogP contribution in [0.1, 0.15) is 23.1 Å². The molecule has 1 saturated heterocycles. The molecule has 0 spiro atoms. The monoisotopic (exact) mass is 419 g/mol. The van der Waals surface area contributed by atoms with E-state index in [-0.39, 0.29) is 11.4 Å². The summed E-state index contributed by atoms with van der Waals surface area (Å²) >= 11 is 0. The Kier molecular flexibility index (Phi) is 6.49. The first-order chi connectivity index (χ1) is 15.0. The molecule has 0 radical (unpaired) electrons. The van der Waals surface area contributed by atoms with Gasteiger partial charge in [0.15, 0.2) is 0 Å². The van der Waals surface area contributed by atoms with Crippen molar-refractivity contribution in [3.05, 3.63) is 69.5 Å². The van der Waals surface area contributed by atoms with Gasteiger partial charge in [-0.05, 0) is 49.6 Å². The van der Waals surface area contributed by atoms with E-state index in [1.807, 2.05) is 50.2 Å². The van der Waals surface area contributed by atoms with Crippen molar-refractivity contribution in [1.29, 1.82) is 0 Å². The molecule has 2 aromatic carbocycles. The van der Waals surface area contributed by atoms with Crippen LogP contribution in [0, 0.1) is 13.8 Å². The fourth-order valence-corrected chi connectivity index (χ4v) is 4.17. The Bertz CT molecular complexity index is 1140. The Balaban J connectivity index is 1.66. The van der Waals surface area contributed by atoms with Crippen LogP contribution in [0.25, 0.3) is 16.5 Å². The fraction of sp³-hybridized carbons (Fsp3) is 0.360. The maximum absolute atomic E-state index is 13.2. The predicted molar refractivity (Wildman–Crippen MR) is 125 cm³/mol. The summed E-state index contributed by atoms with van der Waals surface area (Å²) < 4.78 is 6.77. The summed E-state index contributed by atoms with van der Waals surface area (Å²) in [4.78, 5) is 20.2. The molecule has 2 heterocycles. The van der Waals surface area contributed by atoms with Crippen molar-refractivity contribution in [2.24, 2.45) is 4.99 Å². The molecule has 0 aliphatic carbocycles. The number of aromatic hydroxyl groups is 1. The Hall–Kier alpha value is -2.96. The first-order valence-corrected chi connectivity index (χ1v) is 10.8. The second-order valence-electron chi connectivity index (χ2n) is 8.11. The summed E-state index contributed by atoms with van der Waals surface area (Å²) in [5.74, 6) is -0.0781. The van der Waals surface area contributed by atoms with Gasteiger partial charge in [0.2, 0.25) is 5.88 Å². The third kappa shape index (κ3) is 4.70. The minimum atomic E-state index is -0.234. The van der Waals surface area contributed by atoms with Gasteiger partial charge in [0.1, 0.15) is 0 Å². The molecule has 6 nitrogen and oxygen atoms in total. The van der Waals surface area contributed by atoms with Crippen molar-refractivity contribution < 1.29 is 9.84 Å². The Morgan fingerprint density at radius 3 is 2.45 bits per heavy atom. The lowest BCUT2D eigenvalue weighted by Gasteiger charge is -2.26. The topological polar surface area (TPSA) is 67.1 Å². The number of ether oxygens (including phenoxy) is 1. The van der Waals surface area contributed by atoms with Crippen LogP contribution in [-0.2, 0) is 4.74 Å². The summed E-state index contributed by atoms with van der Waals surface area (Å²) in [5, 5.41) is 12.4. The molecule has 4 rings (SSSR count). The standard InChI is InChI=1S/C25H29N3O3/c1-18-14-19(2)16-20(15-18)28-24(29)22-7-4-3-6-21(22)23(25(28)30)17-26-8-5-9-27-10-12-31-13-11-27/h3-4,6-7,14-17,30H,5,8-13H2,1-2H3. The molecule has 0 atom stereocenters. The average molecular weight is 420 g/mol. The summed E-state index contributed by atoms with van der Waals surface area (Å²) in [6, 6.07) is 13.2. The fourth-order valence-electron chi connectivity index (χ4n) is 4.17. The summed E-state index contributed by atoms with van der Waals surface area (Å²) in [6.07, 6.45) is 2.64. The first kappa shape index (κ1) is 21.3. The van der Waals surface area contributed by atoms with Gasteiger partial charge >= 0.3 is 0 Å². The van der Waals surface area contributed by atoms with E-state index < -0.39 is 0 Å². The number of fused-ring (bicyclic) bond motifs is 1. The summed E-state index contributed by atoms with van der Waals surface area (Å²) in [5.41, 5.74) is 3.07. The molecular weight excluding hydrogens is 390 g/mol. The van der Waals surface area contributed by atoms with Gasteiger partial charge in [0.25, 0.3) is 5.56 Å². The Morgan fingerprint density at radius 2 is 1.74 bits per heavy atom. The van der Waals surface area contributed by atoms with E-state index in [9.17, 15) is 9.90 Å². The molecule has 6 heteroatoms. The van der Waals surface area contributed by atoms with Crippen LogP contribution in [0.3, 0.4) is 0 Å². The number of nitrogens with zero attached hydrogens (tertiary/aromatic N) is 3. The van der Waals surface area contributed by atoms with E-state index in [1.54, 1.807) is 12.3 Å². The SMILES string of the molecule is Cc1cc(C)cc(-n2c(O)c(C=NCCCN3CCOCC3)c3ccccc3c2=O)c1. The molecule has 0 amide bonds. The number of aromatic nitrogens is 1. The second-order valence-corrected chi connectivity index (χ2v) is 8.11. The molecular formula is C25H29N3O3. The largest absolute Gasteiger partial charge is 0.494 e. The van der Waals surface area contributed by atoms with Crippen LogP contribution in [0.4, 0.5) is 0 Å². The van der Waals surface area contributed by atoms with E-state index in [1.165, 1.54) is 4.57 Å². The number of aliphatic imine (C=N–C) groups is 1. The molecule has 3 aromatic rings. The van der Waals surface area contributed by atoms with Gasteiger partial charge in [-0.3, -0.25) is 14.7 Å². The van der Waals surface area contributed by atoms with Gasteiger partial charge in [0.05, 0.1) is 24.5 Å². The van der Waals surface area contributed by atoms with Gasteiger partial charge in [0, 0.05) is 43.2 Å². The number of hydrogen-bond donors (Lipinski definition) is 1. The van der Waals surface area contributed by atoms with Gasteiger partial charge in [-0.2, -0.15) is 0 Å². The molecule has 1 N–H and O–H groups in total. The number of aryl methyl sites for hydroxylation is 2. The number of benzene rings is 2. The van der Waals surface area contributed by atoms with Gasteiger partial charge in [-0.15, -0.1) is 0 Å². The van der Waals surface area contributed by atoms with Crippen LogP contribution in [-0.4, -0.2) is 60.2 Å². The molecule has 1 aliphatic heterocycles. The molecule has 31 heavy (non-hydrogen) atoms. The highest BCUT2D eigenvalue weighted by Gasteiger charge is 2.16. The highest BCUT2D eigenvalue weighted by molar-refractivity contribution is 6.01. The van der Waals surface area contributed by atoms with Crippen molar-refractivity contribution >= 4 is 17.0 Å². The van der Waals surface area contributed by atoms with Crippen LogP contribution < -0.4 is 5.56 Å². The molecule has 1 aromatic heterocycles. The quantitative estimate of drug-likeness (QED) is 0.491. The van der Waals surface area contributed by atoms with Crippen LogP contribution in [0.5, 0.6) is 5.88 Å². The van der Waals surface area contributed by atoms with E-state index in [4.69, 9.17) is 4.74 Å². The lowest BCUT2D eigenvalue weighted by Crippen LogP contribution is -2.37. The molecule has 0 saturated carbocycles. The highest BCUT2D eigenvalue weighted by atomic mass is 16.5. The Labute approximate surface area is 182 Å². The summed E-state index contributed by atoms with van der Waals surface area (Å²) in [6.45, 7) is 9.13. The zero-order chi connectivity index (χ0) is 21.8. The van der Waals surface area contributed by atoms with Crippen LogP contribution in [0.2, 0.25) is 0 Å². The number of rotatable bonds is 6. The van der Waals surface area contributed by atoms with Crippen molar-refractivity contribution in [1.82, 2.24) is 9.47 Å². The van der Waals surface area contributed by atoms with E-state index in [0.29, 0.717) is 28.6 Å². The number of pyridine rings is 1. The van der Waals surface area contributed by atoms with Crippen molar-refractivity contribution in [2.75, 3.05) is 39.4 Å². The van der Waals surface area contributed by atoms with Crippen molar-refractivity contribution in [3.8, 4) is 11.6 Å². The van der Waals surface area contributed by atoms with Crippen molar-refractivity contribution in [2.45, 2.75) is 20.3 Å². The van der Waals surface area contributed by atoms with Crippen LogP contribution in [0.15, 0.2) is 52.3 Å². The highest BCUT2D eigenvalue weighted by Crippen LogP contribution is 2.26. The normalized spacial score (nSPS) is 15.2. The van der Waals surface area contributed by atoms with Crippen LogP contribution >= 0.6 is 0 Å². The molecule has 162 valence electrons. The second kappa shape index (κ2) is 9.45. The van der Waals surface area contributed by atoms with Gasteiger partial charge in [-0.1, -0.05) is 24.3 Å². The van der Waals surface area contributed by atoms with E-state index in [2.05, 4.69) is 9.89 Å². The predicted octanol–water partition coefficient (Wildman–Crippen LogP) is 3.45. The molecule has 1 aliphatic rings. The minimum absolute atomic E-state index is 0.0781. The van der Waals surface area contributed by atoms with Gasteiger partial charge < -0.3 is 9.84 Å². The molecule has 0 bridgehead atoms. The lowest BCUT2D eigenvalue weighted by atomic mass is 10.1. The number of hydrogen-bond acceptors (Lipinski definition) is 5. The third-order valence-corrected chi connectivity index (χ3v) is 5.65. The smallest absolute Gasteiger partial charge is 0.265 e. The maximum Gasteiger partial charge on any atom is 0.265 e. The van der Waals surface area contributed by atoms with E-state index >= 15 is 0 Å². The van der Waals surface area contributed by atoms with E-state index in [0.717, 1.165) is 50.4 Å². The van der Waals surface area contributed by atoms with Gasteiger partial charge in [-0.25, -0.2) is 4.57 Å². The zero-order valence-corrected chi connectivity index (χ0v) is 18.2.